The number of nitrogens with one attached hydrogen (secondary N) is 1. The minimum absolute atomic E-state index is 0.115. The van der Waals surface area contributed by atoms with E-state index in [-0.39, 0.29) is 12.5 Å². The number of aryl methyl sites for hydroxylation is 2. The highest BCUT2D eigenvalue weighted by molar-refractivity contribution is 5.91. The molecule has 0 unspecified atom stereocenters. The van der Waals surface area contributed by atoms with Gasteiger partial charge in [0.2, 0.25) is 5.91 Å². The number of nitrogens with zero attached hydrogens (tertiary/aromatic N) is 2. The molecule has 1 amide bonds. The Morgan fingerprint density at radius 3 is 2.72 bits per heavy atom. The average Bonchev–Trinajstić information content (AvgIpc) is 2.61. The van der Waals surface area contributed by atoms with E-state index in [1.165, 1.54) is 0 Å². The van der Waals surface area contributed by atoms with Crippen LogP contribution in [-0.2, 0) is 11.3 Å². The molecule has 1 heterocycles. The first-order valence-corrected chi connectivity index (χ1v) is 5.71. The Balaban J connectivity index is 2.06. The third kappa shape index (κ3) is 2.68. The Hall–Kier alpha value is -2.30. The fraction of sp³-hybridized carbons (Fsp3) is 0.231. The molecular formula is C13H16N4O. The molecule has 94 valence electrons. The molecule has 3 N–H and O–H groups in total. The third-order valence-electron chi connectivity index (χ3n) is 2.71. The zero-order valence-electron chi connectivity index (χ0n) is 10.5. The number of aromatic nitrogens is 2. The maximum Gasteiger partial charge on any atom is 0.246 e. The van der Waals surface area contributed by atoms with E-state index in [1.807, 2.05) is 38.1 Å². The second kappa shape index (κ2) is 4.91. The SMILES string of the molecule is Cc1ccccc1NC(=O)Cn1nc(N)cc1C. The van der Waals surface area contributed by atoms with Crippen molar-refractivity contribution in [3.8, 4) is 0 Å². The number of benzene rings is 1. The van der Waals surface area contributed by atoms with Crippen LogP contribution in [0.3, 0.4) is 0 Å². The molecule has 0 saturated carbocycles. The average molecular weight is 244 g/mol. The van der Waals surface area contributed by atoms with Gasteiger partial charge in [-0.25, -0.2) is 0 Å². The molecule has 0 aliphatic rings. The van der Waals surface area contributed by atoms with E-state index in [0.717, 1.165) is 16.9 Å². The van der Waals surface area contributed by atoms with Crippen LogP contribution >= 0.6 is 0 Å². The van der Waals surface area contributed by atoms with Crippen molar-refractivity contribution in [3.05, 3.63) is 41.6 Å². The molecule has 2 rings (SSSR count). The standard InChI is InChI=1S/C13H16N4O/c1-9-5-3-4-6-11(9)15-13(18)8-17-10(2)7-12(14)16-17/h3-7H,8H2,1-2H3,(H2,14,16)(H,15,18). The van der Waals surface area contributed by atoms with Gasteiger partial charge in [0.05, 0.1) is 0 Å². The van der Waals surface area contributed by atoms with E-state index in [2.05, 4.69) is 10.4 Å². The van der Waals surface area contributed by atoms with Crippen LogP contribution in [0.5, 0.6) is 0 Å². The molecule has 5 nitrogen and oxygen atoms in total. The van der Waals surface area contributed by atoms with Gasteiger partial charge in [-0.1, -0.05) is 18.2 Å². The maximum absolute atomic E-state index is 11.9. The number of hydrogen-bond acceptors (Lipinski definition) is 3. The lowest BCUT2D eigenvalue weighted by Gasteiger charge is -2.08. The van der Waals surface area contributed by atoms with Crippen LogP contribution in [0.15, 0.2) is 30.3 Å². The van der Waals surface area contributed by atoms with Gasteiger partial charge >= 0.3 is 0 Å². The number of nitrogen functional groups attached to an aromatic ring is 1. The highest BCUT2D eigenvalue weighted by atomic mass is 16.2. The summed E-state index contributed by atoms with van der Waals surface area (Å²) in [6.07, 6.45) is 0. The Labute approximate surface area is 106 Å². The van der Waals surface area contributed by atoms with Crippen molar-refractivity contribution in [1.29, 1.82) is 0 Å². The van der Waals surface area contributed by atoms with Crippen LogP contribution in [-0.4, -0.2) is 15.7 Å². The van der Waals surface area contributed by atoms with E-state index in [9.17, 15) is 4.79 Å². The molecule has 0 saturated heterocycles. The molecule has 0 aliphatic heterocycles. The zero-order valence-corrected chi connectivity index (χ0v) is 10.5. The van der Waals surface area contributed by atoms with Gasteiger partial charge in [0.15, 0.2) is 0 Å². The van der Waals surface area contributed by atoms with Gasteiger partial charge in [-0.05, 0) is 25.5 Å². The number of carbonyl (C=O) groups excluding carboxylic acids is 1. The van der Waals surface area contributed by atoms with Crippen molar-refractivity contribution in [2.45, 2.75) is 20.4 Å². The minimum atomic E-state index is -0.115. The summed E-state index contributed by atoms with van der Waals surface area (Å²) in [6.45, 7) is 3.98. The molecule has 0 fully saturated rings. The van der Waals surface area contributed by atoms with Crippen LogP contribution in [0.4, 0.5) is 11.5 Å². The fourth-order valence-electron chi connectivity index (χ4n) is 1.73. The second-order valence-electron chi connectivity index (χ2n) is 4.23. The first kappa shape index (κ1) is 12.2. The quantitative estimate of drug-likeness (QED) is 0.863. The van der Waals surface area contributed by atoms with E-state index >= 15 is 0 Å². The fourth-order valence-corrected chi connectivity index (χ4v) is 1.73. The van der Waals surface area contributed by atoms with Gasteiger partial charge in [0.1, 0.15) is 12.4 Å². The smallest absolute Gasteiger partial charge is 0.246 e. The molecule has 1 aromatic heterocycles. The number of amides is 1. The Morgan fingerprint density at radius 2 is 2.11 bits per heavy atom. The van der Waals surface area contributed by atoms with Gasteiger partial charge in [-0.3, -0.25) is 9.48 Å². The number of para-hydroxylation sites is 1. The summed E-state index contributed by atoms with van der Waals surface area (Å²) in [7, 11) is 0. The number of anilines is 2. The highest BCUT2D eigenvalue weighted by Gasteiger charge is 2.08. The molecule has 2 aromatic rings. The van der Waals surface area contributed by atoms with E-state index in [0.29, 0.717) is 5.82 Å². The zero-order chi connectivity index (χ0) is 13.1. The van der Waals surface area contributed by atoms with Crippen molar-refractivity contribution in [2.75, 3.05) is 11.1 Å². The second-order valence-corrected chi connectivity index (χ2v) is 4.23. The normalized spacial score (nSPS) is 10.3. The predicted octanol–water partition coefficient (Wildman–Crippen LogP) is 1.72. The lowest BCUT2D eigenvalue weighted by atomic mass is 10.2. The van der Waals surface area contributed by atoms with Gasteiger partial charge in [-0.2, -0.15) is 5.10 Å². The number of rotatable bonds is 3. The summed E-state index contributed by atoms with van der Waals surface area (Å²) in [5.74, 6) is 0.312. The molecular weight excluding hydrogens is 228 g/mol. The van der Waals surface area contributed by atoms with Crippen molar-refractivity contribution in [2.24, 2.45) is 0 Å². The van der Waals surface area contributed by atoms with Crippen molar-refractivity contribution >= 4 is 17.4 Å². The highest BCUT2D eigenvalue weighted by Crippen LogP contribution is 2.13. The molecule has 0 spiro atoms. The first-order valence-electron chi connectivity index (χ1n) is 5.71. The van der Waals surface area contributed by atoms with E-state index in [4.69, 9.17) is 5.73 Å². The van der Waals surface area contributed by atoms with Crippen LogP contribution < -0.4 is 11.1 Å². The number of nitrogens with two attached hydrogens (primary N) is 1. The van der Waals surface area contributed by atoms with Crippen LogP contribution in [0.2, 0.25) is 0 Å². The predicted molar refractivity (Wildman–Crippen MR) is 71.2 cm³/mol. The van der Waals surface area contributed by atoms with Gasteiger partial charge < -0.3 is 11.1 Å². The minimum Gasteiger partial charge on any atom is -0.382 e. The van der Waals surface area contributed by atoms with Gasteiger partial charge in [0, 0.05) is 17.4 Å². The summed E-state index contributed by atoms with van der Waals surface area (Å²) in [4.78, 5) is 11.9. The topological polar surface area (TPSA) is 72.9 Å². The van der Waals surface area contributed by atoms with Crippen molar-refractivity contribution in [3.63, 3.8) is 0 Å². The number of hydrogen-bond donors (Lipinski definition) is 2. The maximum atomic E-state index is 11.9. The molecule has 0 bridgehead atoms. The van der Waals surface area contributed by atoms with Crippen molar-refractivity contribution in [1.82, 2.24) is 9.78 Å². The van der Waals surface area contributed by atoms with Gasteiger partial charge in [0.25, 0.3) is 0 Å². The Kier molecular flexibility index (Phi) is 3.32. The largest absolute Gasteiger partial charge is 0.382 e. The van der Waals surface area contributed by atoms with Crippen molar-refractivity contribution < 1.29 is 4.79 Å². The lowest BCUT2D eigenvalue weighted by molar-refractivity contribution is -0.116. The van der Waals surface area contributed by atoms with Crippen LogP contribution in [0.1, 0.15) is 11.3 Å². The summed E-state index contributed by atoms with van der Waals surface area (Å²) >= 11 is 0. The molecule has 5 heteroatoms. The molecule has 0 atom stereocenters. The third-order valence-corrected chi connectivity index (χ3v) is 2.71. The molecule has 0 aliphatic carbocycles. The summed E-state index contributed by atoms with van der Waals surface area (Å²) < 4.78 is 1.59. The molecule has 1 aromatic carbocycles. The van der Waals surface area contributed by atoms with Crippen LogP contribution in [0, 0.1) is 13.8 Å². The molecule has 18 heavy (non-hydrogen) atoms. The number of carbonyl (C=O) groups is 1. The van der Waals surface area contributed by atoms with E-state index in [1.54, 1.807) is 10.7 Å². The summed E-state index contributed by atoms with van der Waals surface area (Å²) in [5, 5.41) is 6.90. The van der Waals surface area contributed by atoms with Crippen LogP contribution in [0.25, 0.3) is 0 Å². The van der Waals surface area contributed by atoms with E-state index < -0.39 is 0 Å². The Bertz CT molecular complexity index is 574. The monoisotopic (exact) mass is 244 g/mol. The summed E-state index contributed by atoms with van der Waals surface area (Å²) in [5.41, 5.74) is 8.29. The molecule has 0 radical (unpaired) electrons. The first-order chi connectivity index (χ1) is 8.56. The lowest BCUT2D eigenvalue weighted by Crippen LogP contribution is -2.20. The van der Waals surface area contributed by atoms with Gasteiger partial charge in [-0.15, -0.1) is 0 Å². The Morgan fingerprint density at radius 1 is 1.39 bits per heavy atom. The summed E-state index contributed by atoms with van der Waals surface area (Å²) in [6, 6.07) is 9.38.